The molecule has 2 aromatic rings. The second-order valence-electron chi connectivity index (χ2n) is 5.95. The van der Waals surface area contributed by atoms with E-state index in [0.29, 0.717) is 0 Å². The standard InChI is InChI=1S/C20H23N3O4/c1-15(24)22-23(14-17-11-7-4-8-12-17)20(26)21-18(19(25)27-2)13-16-9-5-3-6-10-16/h3-12,18H,13-14H2,1-2H3,(H,21,26)(H,22,24)/t18-/m0/s1. The van der Waals surface area contributed by atoms with Crippen LogP contribution < -0.4 is 10.7 Å². The monoisotopic (exact) mass is 369 g/mol. The Morgan fingerprint density at radius 3 is 2.04 bits per heavy atom. The number of carbonyl (C=O) groups is 3. The third-order valence-electron chi connectivity index (χ3n) is 3.79. The number of amides is 3. The van der Waals surface area contributed by atoms with E-state index in [1.54, 1.807) is 0 Å². The third-order valence-corrected chi connectivity index (χ3v) is 3.79. The molecule has 142 valence electrons. The van der Waals surface area contributed by atoms with Crippen LogP contribution in [0.25, 0.3) is 0 Å². The molecule has 1 atom stereocenters. The highest BCUT2D eigenvalue weighted by Gasteiger charge is 2.25. The van der Waals surface area contributed by atoms with Crippen LogP contribution in [0.15, 0.2) is 60.7 Å². The van der Waals surface area contributed by atoms with E-state index in [-0.39, 0.29) is 13.0 Å². The van der Waals surface area contributed by atoms with Crippen LogP contribution in [-0.4, -0.2) is 36.1 Å². The number of hydrogen-bond acceptors (Lipinski definition) is 4. The van der Waals surface area contributed by atoms with E-state index in [9.17, 15) is 14.4 Å². The van der Waals surface area contributed by atoms with E-state index in [4.69, 9.17) is 4.74 Å². The molecule has 0 saturated heterocycles. The number of rotatable bonds is 6. The number of esters is 1. The number of nitrogens with zero attached hydrogens (tertiary/aromatic N) is 1. The second kappa shape index (κ2) is 9.96. The van der Waals surface area contributed by atoms with Gasteiger partial charge in [-0.05, 0) is 11.1 Å². The van der Waals surface area contributed by atoms with Crippen molar-refractivity contribution in [1.82, 2.24) is 15.8 Å². The van der Waals surface area contributed by atoms with E-state index >= 15 is 0 Å². The first-order valence-corrected chi connectivity index (χ1v) is 8.50. The highest BCUT2D eigenvalue weighted by molar-refractivity contribution is 5.85. The van der Waals surface area contributed by atoms with Gasteiger partial charge in [0.15, 0.2) is 0 Å². The summed E-state index contributed by atoms with van der Waals surface area (Å²) in [5, 5.41) is 3.78. The van der Waals surface area contributed by atoms with Crippen LogP contribution in [0.2, 0.25) is 0 Å². The lowest BCUT2D eigenvalue weighted by molar-refractivity contribution is -0.142. The fourth-order valence-electron chi connectivity index (χ4n) is 2.53. The molecule has 0 spiro atoms. The van der Waals surface area contributed by atoms with Crippen LogP contribution in [0.1, 0.15) is 18.1 Å². The fraction of sp³-hybridized carbons (Fsp3) is 0.250. The summed E-state index contributed by atoms with van der Waals surface area (Å²) in [5.74, 6) is -0.951. The summed E-state index contributed by atoms with van der Waals surface area (Å²) in [7, 11) is 1.27. The Hall–Kier alpha value is -3.35. The van der Waals surface area contributed by atoms with Gasteiger partial charge in [-0.25, -0.2) is 14.6 Å². The van der Waals surface area contributed by atoms with Crippen LogP contribution >= 0.6 is 0 Å². The molecule has 0 aliphatic rings. The Bertz CT molecular complexity index is 765. The summed E-state index contributed by atoms with van der Waals surface area (Å²) in [6.07, 6.45) is 0.276. The molecule has 0 aliphatic heterocycles. The molecule has 2 N–H and O–H groups in total. The second-order valence-corrected chi connectivity index (χ2v) is 5.95. The minimum Gasteiger partial charge on any atom is -0.467 e. The van der Waals surface area contributed by atoms with Gasteiger partial charge < -0.3 is 10.1 Å². The van der Waals surface area contributed by atoms with Gasteiger partial charge in [-0.1, -0.05) is 60.7 Å². The quantitative estimate of drug-likeness (QED) is 0.602. The van der Waals surface area contributed by atoms with Crippen molar-refractivity contribution < 1.29 is 19.1 Å². The smallest absolute Gasteiger partial charge is 0.337 e. The predicted molar refractivity (Wildman–Crippen MR) is 100 cm³/mol. The van der Waals surface area contributed by atoms with Gasteiger partial charge in [0.2, 0.25) is 5.91 Å². The third kappa shape index (κ3) is 6.47. The number of ether oxygens (including phenoxy) is 1. The van der Waals surface area contributed by atoms with Gasteiger partial charge in [-0.2, -0.15) is 0 Å². The molecule has 2 rings (SSSR count). The lowest BCUT2D eigenvalue weighted by Gasteiger charge is -2.25. The van der Waals surface area contributed by atoms with Crippen molar-refractivity contribution in [3.05, 3.63) is 71.8 Å². The first kappa shape index (κ1) is 20.0. The summed E-state index contributed by atoms with van der Waals surface area (Å²) in [5.41, 5.74) is 4.19. The molecule has 7 nitrogen and oxygen atoms in total. The average molecular weight is 369 g/mol. The summed E-state index contributed by atoms with van der Waals surface area (Å²) in [6.45, 7) is 1.47. The van der Waals surface area contributed by atoms with Gasteiger partial charge in [-0.15, -0.1) is 0 Å². The summed E-state index contributed by atoms with van der Waals surface area (Å²) >= 11 is 0. The van der Waals surface area contributed by atoms with Gasteiger partial charge in [-0.3, -0.25) is 10.2 Å². The number of carbonyl (C=O) groups excluding carboxylic acids is 3. The number of nitrogens with one attached hydrogen (secondary N) is 2. The number of methoxy groups -OCH3 is 1. The Morgan fingerprint density at radius 2 is 1.52 bits per heavy atom. The van der Waals surface area contributed by atoms with Crippen molar-refractivity contribution in [2.45, 2.75) is 25.9 Å². The zero-order valence-corrected chi connectivity index (χ0v) is 15.3. The molecular weight excluding hydrogens is 346 g/mol. The zero-order valence-electron chi connectivity index (χ0n) is 15.3. The molecule has 7 heteroatoms. The zero-order chi connectivity index (χ0) is 19.6. The number of benzene rings is 2. The Kier molecular flexibility index (Phi) is 7.37. The first-order valence-electron chi connectivity index (χ1n) is 8.50. The normalized spacial score (nSPS) is 11.2. The van der Waals surface area contributed by atoms with E-state index in [2.05, 4.69) is 10.7 Å². The molecule has 0 bridgehead atoms. The maximum atomic E-state index is 12.7. The van der Waals surface area contributed by atoms with Gasteiger partial charge in [0, 0.05) is 13.3 Å². The van der Waals surface area contributed by atoms with E-state index in [1.165, 1.54) is 14.0 Å². The SMILES string of the molecule is COC(=O)[C@H](Cc1ccccc1)NC(=O)N(Cc1ccccc1)NC(C)=O. The van der Waals surface area contributed by atoms with Crippen molar-refractivity contribution >= 4 is 17.9 Å². The fourth-order valence-corrected chi connectivity index (χ4v) is 2.53. The molecule has 0 unspecified atom stereocenters. The van der Waals surface area contributed by atoms with Gasteiger partial charge >= 0.3 is 12.0 Å². The van der Waals surface area contributed by atoms with Crippen molar-refractivity contribution in [1.29, 1.82) is 0 Å². The predicted octanol–water partition coefficient (Wildman–Crippen LogP) is 2.03. The van der Waals surface area contributed by atoms with Crippen LogP contribution in [0.5, 0.6) is 0 Å². The molecule has 27 heavy (non-hydrogen) atoms. The molecule has 0 radical (unpaired) electrons. The lowest BCUT2D eigenvalue weighted by Crippen LogP contribution is -2.54. The summed E-state index contributed by atoms with van der Waals surface area (Å²) in [6, 6.07) is 17.0. The average Bonchev–Trinajstić information content (AvgIpc) is 2.67. The minimum atomic E-state index is -0.878. The summed E-state index contributed by atoms with van der Waals surface area (Å²) < 4.78 is 4.81. The number of hydrogen-bond donors (Lipinski definition) is 2. The van der Waals surface area contributed by atoms with Crippen LogP contribution in [0.4, 0.5) is 4.79 Å². The number of hydrazine groups is 1. The molecule has 0 aliphatic carbocycles. The molecule has 0 heterocycles. The van der Waals surface area contributed by atoms with Gasteiger partial charge in [0.05, 0.1) is 13.7 Å². The molecule has 2 aromatic carbocycles. The maximum Gasteiger partial charge on any atom is 0.337 e. The Morgan fingerprint density at radius 1 is 0.963 bits per heavy atom. The van der Waals surface area contributed by atoms with Gasteiger partial charge in [0.25, 0.3) is 0 Å². The van der Waals surface area contributed by atoms with Crippen molar-refractivity contribution in [3.8, 4) is 0 Å². The molecule has 0 saturated carbocycles. The van der Waals surface area contributed by atoms with Crippen molar-refractivity contribution in [2.24, 2.45) is 0 Å². The molecular formula is C20H23N3O4. The minimum absolute atomic E-state index is 0.158. The first-order chi connectivity index (χ1) is 13.0. The van der Waals surface area contributed by atoms with Gasteiger partial charge in [0.1, 0.15) is 6.04 Å². The van der Waals surface area contributed by atoms with Crippen molar-refractivity contribution in [3.63, 3.8) is 0 Å². The Balaban J connectivity index is 2.13. The molecule has 3 amide bonds. The number of urea groups is 1. The summed E-state index contributed by atoms with van der Waals surface area (Å²) in [4.78, 5) is 36.3. The topological polar surface area (TPSA) is 87.7 Å². The van der Waals surface area contributed by atoms with Crippen LogP contribution in [0.3, 0.4) is 0 Å². The molecule has 0 aromatic heterocycles. The highest BCUT2D eigenvalue weighted by atomic mass is 16.5. The van der Waals surface area contributed by atoms with E-state index in [0.717, 1.165) is 16.1 Å². The van der Waals surface area contributed by atoms with Crippen LogP contribution in [0, 0.1) is 0 Å². The van der Waals surface area contributed by atoms with E-state index < -0.39 is 23.9 Å². The maximum absolute atomic E-state index is 12.7. The van der Waals surface area contributed by atoms with Crippen molar-refractivity contribution in [2.75, 3.05) is 7.11 Å². The Labute approximate surface area is 158 Å². The highest BCUT2D eigenvalue weighted by Crippen LogP contribution is 2.07. The largest absolute Gasteiger partial charge is 0.467 e. The lowest BCUT2D eigenvalue weighted by atomic mass is 10.1. The van der Waals surface area contributed by atoms with Crippen LogP contribution in [-0.2, 0) is 27.3 Å². The molecule has 0 fully saturated rings. The van der Waals surface area contributed by atoms with E-state index in [1.807, 2.05) is 60.7 Å².